The number of hydrogen-bond donors (Lipinski definition) is 1. The van der Waals surface area contributed by atoms with E-state index in [0.29, 0.717) is 65.6 Å². The van der Waals surface area contributed by atoms with Crippen LogP contribution in [0.15, 0.2) is 0 Å². The summed E-state index contributed by atoms with van der Waals surface area (Å²) < 4.78 is 31.7. The lowest BCUT2D eigenvalue weighted by atomic mass is 10.1. The van der Waals surface area contributed by atoms with Crippen molar-refractivity contribution in [3.63, 3.8) is 0 Å². The first kappa shape index (κ1) is 22.3. The molecular formula is C17H33NO7. The van der Waals surface area contributed by atoms with Crippen LogP contribution in [-0.4, -0.2) is 91.7 Å². The molecule has 1 aliphatic heterocycles. The molecule has 1 aliphatic rings. The third-order valence-electron chi connectivity index (χ3n) is 3.66. The van der Waals surface area contributed by atoms with Crippen molar-refractivity contribution in [2.24, 2.45) is 0 Å². The minimum atomic E-state index is -0.269. The molecule has 148 valence electrons. The normalized spacial score (nSPS) is 15.4. The van der Waals surface area contributed by atoms with E-state index in [9.17, 15) is 4.79 Å². The Bertz CT molecular complexity index is 311. The van der Waals surface area contributed by atoms with Crippen molar-refractivity contribution in [1.29, 1.82) is 0 Å². The number of methoxy groups -OCH3 is 1. The number of nitrogens with one attached hydrogen (secondary N) is 1. The van der Waals surface area contributed by atoms with Gasteiger partial charge < -0.3 is 33.7 Å². The van der Waals surface area contributed by atoms with Crippen molar-refractivity contribution in [3.05, 3.63) is 0 Å². The van der Waals surface area contributed by atoms with Crippen LogP contribution in [-0.2, 0) is 33.2 Å². The molecule has 1 saturated heterocycles. The maximum absolute atomic E-state index is 10.8. The van der Waals surface area contributed by atoms with Crippen LogP contribution in [0.3, 0.4) is 0 Å². The predicted molar refractivity (Wildman–Crippen MR) is 91.8 cm³/mol. The Hall–Kier alpha value is -0.770. The maximum atomic E-state index is 10.8. The first-order valence-electron chi connectivity index (χ1n) is 9.03. The summed E-state index contributed by atoms with van der Waals surface area (Å²) in [4.78, 5) is 10.8. The van der Waals surface area contributed by atoms with Crippen LogP contribution in [0.2, 0.25) is 0 Å². The Morgan fingerprint density at radius 2 is 1.28 bits per heavy atom. The third-order valence-corrected chi connectivity index (χ3v) is 3.66. The van der Waals surface area contributed by atoms with Crippen LogP contribution in [0, 0.1) is 0 Å². The van der Waals surface area contributed by atoms with E-state index in [1.54, 1.807) is 0 Å². The second-order valence-corrected chi connectivity index (χ2v) is 5.60. The molecule has 8 nitrogen and oxygen atoms in total. The van der Waals surface area contributed by atoms with Gasteiger partial charge >= 0.3 is 5.97 Å². The van der Waals surface area contributed by atoms with E-state index in [4.69, 9.17) is 23.7 Å². The van der Waals surface area contributed by atoms with E-state index >= 15 is 0 Å². The fourth-order valence-corrected chi connectivity index (χ4v) is 2.26. The van der Waals surface area contributed by atoms with Gasteiger partial charge in [-0.25, -0.2) is 0 Å². The van der Waals surface area contributed by atoms with Crippen molar-refractivity contribution in [1.82, 2.24) is 5.32 Å². The zero-order valence-corrected chi connectivity index (χ0v) is 15.3. The van der Waals surface area contributed by atoms with Gasteiger partial charge in [0.05, 0.1) is 79.1 Å². The van der Waals surface area contributed by atoms with Gasteiger partial charge in [-0.05, 0) is 25.9 Å². The summed E-state index contributed by atoms with van der Waals surface area (Å²) in [6.45, 7) is 6.77. The van der Waals surface area contributed by atoms with Crippen LogP contribution < -0.4 is 5.32 Å². The standard InChI is InChI=1S/C17H33NO7/c1-20-17(19)4-7-21-8-9-22-10-11-23-12-13-24-14-15-25-16-2-5-18-6-3-16/h16,18H,2-15H2,1H3. The molecule has 8 heteroatoms. The molecule has 0 spiro atoms. The summed E-state index contributed by atoms with van der Waals surface area (Å²) in [6, 6.07) is 0. The first-order chi connectivity index (χ1) is 12.3. The van der Waals surface area contributed by atoms with Gasteiger partial charge in [-0.15, -0.1) is 0 Å². The molecule has 1 N–H and O–H groups in total. The summed E-state index contributed by atoms with van der Waals surface area (Å²) in [5.74, 6) is -0.269. The lowest BCUT2D eigenvalue weighted by Gasteiger charge is -2.22. The molecule has 1 heterocycles. The maximum Gasteiger partial charge on any atom is 0.307 e. The summed E-state index contributed by atoms with van der Waals surface area (Å²) in [5.41, 5.74) is 0. The van der Waals surface area contributed by atoms with E-state index in [1.807, 2.05) is 0 Å². The van der Waals surface area contributed by atoms with Gasteiger partial charge in [0.2, 0.25) is 0 Å². The second kappa shape index (κ2) is 16.7. The van der Waals surface area contributed by atoms with E-state index in [-0.39, 0.29) is 12.4 Å². The Kier molecular flexibility index (Phi) is 14.9. The molecule has 0 bridgehead atoms. The summed E-state index contributed by atoms with van der Waals surface area (Å²) in [5, 5.41) is 3.31. The van der Waals surface area contributed by atoms with Crippen molar-refractivity contribution < 1.29 is 33.2 Å². The molecule has 0 saturated carbocycles. The van der Waals surface area contributed by atoms with E-state index in [0.717, 1.165) is 25.9 Å². The van der Waals surface area contributed by atoms with Gasteiger partial charge in [0, 0.05) is 0 Å². The van der Waals surface area contributed by atoms with Crippen LogP contribution in [0.1, 0.15) is 19.3 Å². The Balaban J connectivity index is 1.68. The van der Waals surface area contributed by atoms with E-state index in [2.05, 4.69) is 10.1 Å². The monoisotopic (exact) mass is 363 g/mol. The van der Waals surface area contributed by atoms with E-state index < -0.39 is 0 Å². The molecule has 0 aromatic carbocycles. The molecule has 0 atom stereocenters. The first-order valence-corrected chi connectivity index (χ1v) is 9.03. The molecular weight excluding hydrogens is 330 g/mol. The van der Waals surface area contributed by atoms with Gasteiger partial charge in [0.1, 0.15) is 0 Å². The van der Waals surface area contributed by atoms with Crippen LogP contribution >= 0.6 is 0 Å². The molecule has 0 aromatic heterocycles. The van der Waals surface area contributed by atoms with Crippen LogP contribution in [0.5, 0.6) is 0 Å². The molecule has 0 aliphatic carbocycles. The Morgan fingerprint density at radius 1 is 0.800 bits per heavy atom. The third kappa shape index (κ3) is 14.1. The van der Waals surface area contributed by atoms with Crippen molar-refractivity contribution in [3.8, 4) is 0 Å². The fraction of sp³-hybridized carbons (Fsp3) is 0.941. The SMILES string of the molecule is COC(=O)CCOCCOCCOCCOCCOC1CCNCC1. The molecule has 25 heavy (non-hydrogen) atoms. The van der Waals surface area contributed by atoms with Crippen molar-refractivity contribution >= 4 is 5.97 Å². The molecule has 1 fully saturated rings. The van der Waals surface area contributed by atoms with Gasteiger partial charge in [-0.3, -0.25) is 4.79 Å². The van der Waals surface area contributed by atoms with Crippen LogP contribution in [0.4, 0.5) is 0 Å². The largest absolute Gasteiger partial charge is 0.469 e. The molecule has 0 amide bonds. The molecule has 1 rings (SSSR count). The smallest absolute Gasteiger partial charge is 0.307 e. The topological polar surface area (TPSA) is 84.5 Å². The van der Waals surface area contributed by atoms with Gasteiger partial charge in [-0.1, -0.05) is 0 Å². The Morgan fingerprint density at radius 3 is 1.80 bits per heavy atom. The minimum Gasteiger partial charge on any atom is -0.469 e. The zero-order valence-electron chi connectivity index (χ0n) is 15.3. The number of rotatable bonds is 16. The molecule has 0 unspecified atom stereocenters. The van der Waals surface area contributed by atoms with Crippen LogP contribution in [0.25, 0.3) is 0 Å². The average molecular weight is 363 g/mol. The van der Waals surface area contributed by atoms with Gasteiger partial charge in [-0.2, -0.15) is 0 Å². The van der Waals surface area contributed by atoms with Gasteiger partial charge in [0.25, 0.3) is 0 Å². The number of piperidine rings is 1. The highest BCUT2D eigenvalue weighted by Gasteiger charge is 2.12. The quantitative estimate of drug-likeness (QED) is 0.311. The van der Waals surface area contributed by atoms with E-state index in [1.165, 1.54) is 7.11 Å². The number of esters is 1. The summed E-state index contributed by atoms with van der Waals surface area (Å²) in [6.07, 6.45) is 2.81. The summed E-state index contributed by atoms with van der Waals surface area (Å²) in [7, 11) is 1.36. The van der Waals surface area contributed by atoms with Crippen molar-refractivity contribution in [2.45, 2.75) is 25.4 Å². The molecule has 0 aromatic rings. The molecule has 0 radical (unpaired) electrons. The number of hydrogen-bond acceptors (Lipinski definition) is 8. The lowest BCUT2D eigenvalue weighted by molar-refractivity contribution is -0.141. The fourth-order valence-electron chi connectivity index (χ4n) is 2.26. The summed E-state index contributed by atoms with van der Waals surface area (Å²) >= 11 is 0. The Labute approximate surface area is 150 Å². The lowest BCUT2D eigenvalue weighted by Crippen LogP contribution is -2.33. The number of carbonyl (C=O) groups excluding carboxylic acids is 1. The highest BCUT2D eigenvalue weighted by atomic mass is 16.6. The highest BCUT2D eigenvalue weighted by Crippen LogP contribution is 2.06. The zero-order chi connectivity index (χ0) is 18.0. The minimum absolute atomic E-state index is 0.266. The second-order valence-electron chi connectivity index (χ2n) is 5.60. The number of carbonyl (C=O) groups is 1. The number of ether oxygens (including phenoxy) is 6. The van der Waals surface area contributed by atoms with Crippen molar-refractivity contribution in [2.75, 3.05) is 79.7 Å². The predicted octanol–water partition coefficient (Wildman–Crippen LogP) is 0.385. The highest BCUT2D eigenvalue weighted by molar-refractivity contribution is 5.69. The average Bonchev–Trinajstić information content (AvgIpc) is 2.65. The van der Waals surface area contributed by atoms with Gasteiger partial charge in [0.15, 0.2) is 0 Å².